The minimum atomic E-state index is -1.56. The van der Waals surface area contributed by atoms with Gasteiger partial charge < -0.3 is 20.8 Å². The molecule has 1 aromatic carbocycles. The molecular formula is C12H12F2N2O4. The van der Waals surface area contributed by atoms with Crippen LogP contribution in [0.25, 0.3) is 0 Å². The van der Waals surface area contributed by atoms with Crippen LogP contribution in [0.3, 0.4) is 0 Å². The number of carboxylic acids is 1. The van der Waals surface area contributed by atoms with Crippen molar-refractivity contribution in [3.63, 3.8) is 0 Å². The van der Waals surface area contributed by atoms with E-state index in [-0.39, 0.29) is 13.0 Å². The summed E-state index contributed by atoms with van der Waals surface area (Å²) in [6.45, 7) is 0.240. The molecule has 0 bridgehead atoms. The third-order valence-corrected chi connectivity index (χ3v) is 2.97. The van der Waals surface area contributed by atoms with Gasteiger partial charge in [-0.25, -0.2) is 13.6 Å². The molecule has 1 amide bonds. The summed E-state index contributed by atoms with van der Waals surface area (Å²) in [7, 11) is 0. The predicted molar refractivity (Wildman–Crippen MR) is 64.4 cm³/mol. The van der Waals surface area contributed by atoms with Crippen molar-refractivity contribution >= 4 is 17.6 Å². The van der Waals surface area contributed by atoms with E-state index < -0.39 is 46.9 Å². The van der Waals surface area contributed by atoms with Gasteiger partial charge in [0.15, 0.2) is 0 Å². The normalized spacial score (nSPS) is 21.8. The maximum atomic E-state index is 13.5. The highest BCUT2D eigenvalue weighted by Gasteiger charge is 2.28. The third-order valence-electron chi connectivity index (χ3n) is 2.97. The quantitative estimate of drug-likeness (QED) is 0.641. The molecular weight excluding hydrogens is 274 g/mol. The summed E-state index contributed by atoms with van der Waals surface area (Å²) >= 11 is 0. The zero-order valence-electron chi connectivity index (χ0n) is 10.2. The van der Waals surface area contributed by atoms with Crippen LogP contribution in [0.1, 0.15) is 16.8 Å². The number of carbonyl (C=O) groups is 2. The Hall–Kier alpha value is -2.06. The van der Waals surface area contributed by atoms with Crippen LogP contribution < -0.4 is 10.6 Å². The van der Waals surface area contributed by atoms with Crippen LogP contribution in [0.2, 0.25) is 0 Å². The van der Waals surface area contributed by atoms with Crippen molar-refractivity contribution in [3.8, 4) is 0 Å². The van der Waals surface area contributed by atoms with Crippen LogP contribution in [0.15, 0.2) is 12.1 Å². The zero-order valence-corrected chi connectivity index (χ0v) is 10.2. The van der Waals surface area contributed by atoms with E-state index in [1.165, 1.54) is 0 Å². The molecule has 2 rings (SSSR count). The number of rotatable bonds is 3. The molecule has 1 aliphatic rings. The lowest BCUT2D eigenvalue weighted by atomic mass is 10.1. The summed E-state index contributed by atoms with van der Waals surface area (Å²) in [5.74, 6) is -4.47. The van der Waals surface area contributed by atoms with Crippen LogP contribution in [0, 0.1) is 11.6 Å². The van der Waals surface area contributed by atoms with Gasteiger partial charge in [-0.3, -0.25) is 4.79 Å². The number of aliphatic hydroxyl groups excluding tert-OH is 1. The fourth-order valence-corrected chi connectivity index (χ4v) is 1.95. The van der Waals surface area contributed by atoms with E-state index >= 15 is 0 Å². The molecule has 1 heterocycles. The van der Waals surface area contributed by atoms with Crippen molar-refractivity contribution in [3.05, 3.63) is 29.3 Å². The second kappa shape index (κ2) is 5.51. The highest BCUT2D eigenvalue weighted by atomic mass is 19.1. The lowest BCUT2D eigenvalue weighted by Crippen LogP contribution is -2.35. The number of aromatic carboxylic acids is 1. The highest BCUT2D eigenvalue weighted by Crippen LogP contribution is 2.20. The Bertz CT molecular complexity index is 565. The Morgan fingerprint density at radius 2 is 2.00 bits per heavy atom. The predicted octanol–water partition coefficient (Wildman–Crippen LogP) is 0.324. The standard InChI is InChI=1S/C12H12F2N2O4/c13-7-3-8(14)9(2-6(7)12(19)20)16-11(18)10-1-5(17)4-15-10/h2-3,5,10,15,17H,1,4H2,(H,16,18)(H,19,20). The SMILES string of the molecule is O=C(O)c1cc(NC(=O)C2CC(O)CN2)c(F)cc1F. The number of halogens is 2. The second-order valence-electron chi connectivity index (χ2n) is 4.46. The van der Waals surface area contributed by atoms with E-state index in [9.17, 15) is 23.5 Å². The fourth-order valence-electron chi connectivity index (χ4n) is 1.95. The first-order valence-corrected chi connectivity index (χ1v) is 5.83. The van der Waals surface area contributed by atoms with E-state index in [1.807, 2.05) is 0 Å². The minimum Gasteiger partial charge on any atom is -0.478 e. The van der Waals surface area contributed by atoms with Gasteiger partial charge in [0.25, 0.3) is 0 Å². The first-order chi connectivity index (χ1) is 9.38. The number of nitrogens with one attached hydrogen (secondary N) is 2. The van der Waals surface area contributed by atoms with Gasteiger partial charge in [-0.1, -0.05) is 0 Å². The van der Waals surface area contributed by atoms with Gasteiger partial charge in [0.05, 0.1) is 23.4 Å². The number of anilines is 1. The average molecular weight is 286 g/mol. The number of amides is 1. The van der Waals surface area contributed by atoms with Crippen LogP contribution in [-0.4, -0.2) is 40.8 Å². The molecule has 1 saturated heterocycles. The molecule has 0 spiro atoms. The number of aliphatic hydroxyl groups is 1. The number of carbonyl (C=O) groups excluding carboxylic acids is 1. The van der Waals surface area contributed by atoms with Gasteiger partial charge in [0, 0.05) is 12.6 Å². The summed E-state index contributed by atoms with van der Waals surface area (Å²) in [4.78, 5) is 22.5. The molecule has 108 valence electrons. The molecule has 0 aliphatic carbocycles. The van der Waals surface area contributed by atoms with Crippen molar-refractivity contribution in [2.75, 3.05) is 11.9 Å². The monoisotopic (exact) mass is 286 g/mol. The molecule has 1 aliphatic heterocycles. The van der Waals surface area contributed by atoms with Gasteiger partial charge in [0.2, 0.25) is 5.91 Å². The van der Waals surface area contributed by atoms with E-state index in [4.69, 9.17) is 5.11 Å². The third kappa shape index (κ3) is 2.91. The molecule has 0 aromatic heterocycles. The molecule has 1 aromatic rings. The lowest BCUT2D eigenvalue weighted by Gasteiger charge is -2.12. The Labute approximate surface area is 112 Å². The highest BCUT2D eigenvalue weighted by molar-refractivity contribution is 5.97. The van der Waals surface area contributed by atoms with Gasteiger partial charge in [-0.15, -0.1) is 0 Å². The van der Waals surface area contributed by atoms with E-state index in [1.54, 1.807) is 0 Å². The Morgan fingerprint density at radius 3 is 2.55 bits per heavy atom. The van der Waals surface area contributed by atoms with Gasteiger partial charge in [-0.05, 0) is 12.5 Å². The number of hydrogen-bond donors (Lipinski definition) is 4. The van der Waals surface area contributed by atoms with Gasteiger partial charge in [0.1, 0.15) is 11.6 Å². The summed E-state index contributed by atoms with van der Waals surface area (Å²) in [6, 6.07) is 0.412. The molecule has 0 saturated carbocycles. The first kappa shape index (κ1) is 14.4. The molecule has 2 unspecified atom stereocenters. The van der Waals surface area contributed by atoms with E-state index in [0.29, 0.717) is 6.07 Å². The average Bonchev–Trinajstić information content (AvgIpc) is 2.79. The topological polar surface area (TPSA) is 98.7 Å². The van der Waals surface area contributed by atoms with Crippen molar-refractivity contribution in [2.24, 2.45) is 0 Å². The zero-order chi connectivity index (χ0) is 14.9. The molecule has 0 radical (unpaired) electrons. The maximum absolute atomic E-state index is 13.5. The summed E-state index contributed by atoms with van der Waals surface area (Å²) in [5, 5.41) is 22.9. The summed E-state index contributed by atoms with van der Waals surface area (Å²) < 4.78 is 26.7. The summed E-state index contributed by atoms with van der Waals surface area (Å²) in [5.41, 5.74) is -1.15. The number of carboxylic acid groups (broad SMARTS) is 1. The minimum absolute atomic E-state index is 0.167. The Kier molecular flexibility index (Phi) is 3.96. The molecule has 20 heavy (non-hydrogen) atoms. The van der Waals surface area contributed by atoms with Crippen molar-refractivity contribution in [2.45, 2.75) is 18.6 Å². The van der Waals surface area contributed by atoms with Crippen molar-refractivity contribution < 1.29 is 28.6 Å². The Morgan fingerprint density at radius 1 is 1.30 bits per heavy atom. The Balaban J connectivity index is 2.18. The first-order valence-electron chi connectivity index (χ1n) is 5.83. The van der Waals surface area contributed by atoms with Gasteiger partial charge in [-0.2, -0.15) is 0 Å². The van der Waals surface area contributed by atoms with Crippen molar-refractivity contribution in [1.29, 1.82) is 0 Å². The number of hydrogen-bond acceptors (Lipinski definition) is 4. The molecule has 8 heteroatoms. The largest absolute Gasteiger partial charge is 0.478 e. The molecule has 1 fully saturated rings. The molecule has 2 atom stereocenters. The van der Waals surface area contributed by atoms with E-state index in [2.05, 4.69) is 10.6 Å². The molecule has 6 nitrogen and oxygen atoms in total. The maximum Gasteiger partial charge on any atom is 0.338 e. The van der Waals surface area contributed by atoms with Crippen LogP contribution >= 0.6 is 0 Å². The fraction of sp³-hybridized carbons (Fsp3) is 0.333. The number of benzene rings is 1. The van der Waals surface area contributed by atoms with Crippen LogP contribution in [0.5, 0.6) is 0 Å². The van der Waals surface area contributed by atoms with Crippen molar-refractivity contribution in [1.82, 2.24) is 5.32 Å². The smallest absolute Gasteiger partial charge is 0.338 e. The van der Waals surface area contributed by atoms with Gasteiger partial charge >= 0.3 is 5.97 Å². The summed E-state index contributed by atoms with van der Waals surface area (Å²) in [6.07, 6.45) is -0.501. The van der Waals surface area contributed by atoms with Crippen LogP contribution in [-0.2, 0) is 4.79 Å². The van der Waals surface area contributed by atoms with E-state index in [0.717, 1.165) is 6.07 Å². The lowest BCUT2D eigenvalue weighted by molar-refractivity contribution is -0.118. The van der Waals surface area contributed by atoms with Crippen LogP contribution in [0.4, 0.5) is 14.5 Å². The molecule has 4 N–H and O–H groups in total. The second-order valence-corrected chi connectivity index (χ2v) is 4.46. The number of β-amino-alcohol motifs (C(OH)–C–C–N with tert-alkyl or cyclic N) is 1.